The maximum atomic E-state index is 4.41. The standard InChI is InChI=1S/C12H12N8/c1-2-9(6-13-4-1)11-18-10(19-20-11)3-5-15-12-16-7-14-8-17-12/h1-2,4,6-8H,3,5H2,(H,18,19,20)(H,14,15,16,17). The second-order valence-corrected chi connectivity index (χ2v) is 3.99. The summed E-state index contributed by atoms with van der Waals surface area (Å²) in [6.07, 6.45) is 7.04. The summed E-state index contributed by atoms with van der Waals surface area (Å²) in [5, 5.41) is 10.2. The van der Waals surface area contributed by atoms with Gasteiger partial charge in [-0.3, -0.25) is 10.1 Å². The van der Waals surface area contributed by atoms with E-state index in [4.69, 9.17) is 0 Å². The number of hydrogen-bond acceptors (Lipinski definition) is 7. The summed E-state index contributed by atoms with van der Waals surface area (Å²) in [7, 11) is 0. The Balaban J connectivity index is 1.58. The topological polar surface area (TPSA) is 105 Å². The smallest absolute Gasteiger partial charge is 0.225 e. The molecule has 0 radical (unpaired) electrons. The van der Waals surface area contributed by atoms with Crippen LogP contribution in [0.5, 0.6) is 0 Å². The fourth-order valence-electron chi connectivity index (χ4n) is 1.65. The van der Waals surface area contributed by atoms with Crippen molar-refractivity contribution in [1.29, 1.82) is 0 Å². The highest BCUT2D eigenvalue weighted by Gasteiger charge is 2.05. The van der Waals surface area contributed by atoms with Gasteiger partial charge in [-0.05, 0) is 12.1 Å². The van der Waals surface area contributed by atoms with Gasteiger partial charge in [0.1, 0.15) is 18.5 Å². The Morgan fingerprint density at radius 2 is 2.05 bits per heavy atom. The van der Waals surface area contributed by atoms with Crippen LogP contribution in [0.15, 0.2) is 37.2 Å². The molecule has 0 aliphatic heterocycles. The van der Waals surface area contributed by atoms with Gasteiger partial charge >= 0.3 is 0 Å². The molecule has 0 saturated heterocycles. The minimum Gasteiger partial charge on any atom is -0.354 e. The van der Waals surface area contributed by atoms with E-state index in [0.29, 0.717) is 24.7 Å². The maximum Gasteiger partial charge on any atom is 0.225 e. The van der Waals surface area contributed by atoms with Crippen LogP contribution in [0.4, 0.5) is 5.95 Å². The van der Waals surface area contributed by atoms with Crippen LogP contribution in [0, 0.1) is 0 Å². The van der Waals surface area contributed by atoms with Gasteiger partial charge in [0.2, 0.25) is 5.95 Å². The third-order valence-corrected chi connectivity index (χ3v) is 2.59. The largest absolute Gasteiger partial charge is 0.354 e. The van der Waals surface area contributed by atoms with Gasteiger partial charge in [-0.1, -0.05) is 0 Å². The first-order valence-corrected chi connectivity index (χ1v) is 6.09. The highest BCUT2D eigenvalue weighted by atomic mass is 15.2. The number of hydrogen-bond donors (Lipinski definition) is 2. The Bertz CT molecular complexity index is 651. The molecule has 2 N–H and O–H groups in total. The van der Waals surface area contributed by atoms with Crippen LogP contribution >= 0.6 is 0 Å². The molecule has 0 atom stereocenters. The average molecular weight is 268 g/mol. The molecule has 3 aromatic rings. The van der Waals surface area contributed by atoms with Crippen molar-refractivity contribution in [2.45, 2.75) is 6.42 Å². The van der Waals surface area contributed by atoms with E-state index in [9.17, 15) is 0 Å². The second kappa shape index (κ2) is 5.83. The van der Waals surface area contributed by atoms with Gasteiger partial charge in [0.25, 0.3) is 0 Å². The van der Waals surface area contributed by atoms with Crippen LogP contribution in [0.1, 0.15) is 5.82 Å². The molecular formula is C12H12N8. The lowest BCUT2D eigenvalue weighted by Crippen LogP contribution is -2.08. The number of rotatable bonds is 5. The van der Waals surface area contributed by atoms with Gasteiger partial charge < -0.3 is 5.32 Å². The minimum absolute atomic E-state index is 0.548. The molecule has 0 aliphatic carbocycles. The van der Waals surface area contributed by atoms with E-state index in [1.54, 1.807) is 12.4 Å². The molecule has 0 aromatic carbocycles. The molecule has 0 fully saturated rings. The Morgan fingerprint density at radius 1 is 1.15 bits per heavy atom. The summed E-state index contributed by atoms with van der Waals surface area (Å²) in [4.78, 5) is 20.2. The van der Waals surface area contributed by atoms with E-state index in [1.807, 2.05) is 12.1 Å². The number of nitrogens with zero attached hydrogens (tertiary/aromatic N) is 6. The van der Waals surface area contributed by atoms with Gasteiger partial charge in [0.15, 0.2) is 5.82 Å². The average Bonchev–Trinajstić information content (AvgIpc) is 2.98. The number of aromatic amines is 1. The lowest BCUT2D eigenvalue weighted by molar-refractivity contribution is 0.886. The molecule has 0 aliphatic rings. The molecule has 0 spiro atoms. The van der Waals surface area contributed by atoms with Crippen molar-refractivity contribution in [3.8, 4) is 11.4 Å². The number of pyridine rings is 1. The molecule has 100 valence electrons. The number of anilines is 1. The van der Waals surface area contributed by atoms with Crippen molar-refractivity contribution in [2.75, 3.05) is 11.9 Å². The van der Waals surface area contributed by atoms with Crippen LogP contribution in [-0.2, 0) is 6.42 Å². The maximum absolute atomic E-state index is 4.41. The summed E-state index contributed by atoms with van der Waals surface area (Å²) in [5.41, 5.74) is 0.889. The molecule has 8 nitrogen and oxygen atoms in total. The van der Waals surface area contributed by atoms with E-state index in [-0.39, 0.29) is 0 Å². The first kappa shape index (κ1) is 12.2. The van der Waals surface area contributed by atoms with Crippen LogP contribution in [0.25, 0.3) is 11.4 Å². The molecule has 0 saturated carbocycles. The van der Waals surface area contributed by atoms with E-state index >= 15 is 0 Å². The van der Waals surface area contributed by atoms with E-state index in [0.717, 1.165) is 11.4 Å². The summed E-state index contributed by atoms with van der Waals surface area (Å²) in [6.45, 7) is 0.658. The molecule has 20 heavy (non-hydrogen) atoms. The van der Waals surface area contributed by atoms with Crippen molar-refractivity contribution >= 4 is 5.95 Å². The van der Waals surface area contributed by atoms with Crippen molar-refractivity contribution < 1.29 is 0 Å². The van der Waals surface area contributed by atoms with Gasteiger partial charge in [-0.15, -0.1) is 0 Å². The quantitative estimate of drug-likeness (QED) is 0.701. The SMILES string of the molecule is c1cncc(-c2n[nH]c(CCNc3ncncn3)n2)c1. The van der Waals surface area contributed by atoms with Crippen LogP contribution in [-0.4, -0.2) is 41.7 Å². The van der Waals surface area contributed by atoms with Gasteiger partial charge in [0.05, 0.1) is 0 Å². The van der Waals surface area contributed by atoms with Crippen LogP contribution in [0.3, 0.4) is 0 Å². The molecular weight excluding hydrogens is 256 g/mol. The first-order valence-electron chi connectivity index (χ1n) is 6.09. The molecule has 0 bridgehead atoms. The van der Waals surface area contributed by atoms with Crippen LogP contribution in [0.2, 0.25) is 0 Å². The summed E-state index contributed by atoms with van der Waals surface area (Å²) >= 11 is 0. The summed E-state index contributed by atoms with van der Waals surface area (Å²) in [5.74, 6) is 1.99. The number of H-pyrrole nitrogens is 1. The Labute approximate surface area is 114 Å². The summed E-state index contributed by atoms with van der Waals surface area (Å²) in [6, 6.07) is 3.77. The van der Waals surface area contributed by atoms with Gasteiger partial charge in [0, 0.05) is 30.9 Å². The molecule has 0 unspecified atom stereocenters. The van der Waals surface area contributed by atoms with Crippen molar-refractivity contribution in [3.63, 3.8) is 0 Å². The lowest BCUT2D eigenvalue weighted by Gasteiger charge is -2.00. The van der Waals surface area contributed by atoms with E-state index in [1.165, 1.54) is 12.7 Å². The Kier molecular flexibility index (Phi) is 3.54. The first-order chi connectivity index (χ1) is 9.92. The third kappa shape index (κ3) is 2.91. The monoisotopic (exact) mass is 268 g/mol. The molecule has 3 rings (SSSR count). The van der Waals surface area contributed by atoms with Gasteiger partial charge in [-0.2, -0.15) is 5.10 Å². The zero-order chi connectivity index (χ0) is 13.6. The fraction of sp³-hybridized carbons (Fsp3) is 0.167. The molecule has 3 heterocycles. The van der Waals surface area contributed by atoms with E-state index < -0.39 is 0 Å². The predicted octanol–water partition coefficient (Wildman–Crippen LogP) is 0.706. The highest BCUT2D eigenvalue weighted by molar-refractivity contribution is 5.52. The van der Waals surface area contributed by atoms with Crippen LogP contribution < -0.4 is 5.32 Å². The Morgan fingerprint density at radius 3 is 2.85 bits per heavy atom. The van der Waals surface area contributed by atoms with Crippen molar-refractivity contribution in [1.82, 2.24) is 35.1 Å². The highest BCUT2D eigenvalue weighted by Crippen LogP contribution is 2.11. The third-order valence-electron chi connectivity index (χ3n) is 2.59. The van der Waals surface area contributed by atoms with Crippen molar-refractivity contribution in [3.05, 3.63) is 43.0 Å². The number of nitrogens with one attached hydrogen (secondary N) is 2. The van der Waals surface area contributed by atoms with Gasteiger partial charge in [-0.25, -0.2) is 19.9 Å². The zero-order valence-corrected chi connectivity index (χ0v) is 10.6. The number of aromatic nitrogens is 7. The molecule has 0 amide bonds. The lowest BCUT2D eigenvalue weighted by atomic mass is 10.3. The van der Waals surface area contributed by atoms with E-state index in [2.05, 4.69) is 40.4 Å². The zero-order valence-electron chi connectivity index (χ0n) is 10.6. The Hall–Kier alpha value is -2.90. The molecule has 8 heteroatoms. The fourth-order valence-corrected chi connectivity index (χ4v) is 1.65. The van der Waals surface area contributed by atoms with Crippen molar-refractivity contribution in [2.24, 2.45) is 0 Å². The molecule has 3 aromatic heterocycles. The summed E-state index contributed by atoms with van der Waals surface area (Å²) < 4.78 is 0. The normalized spacial score (nSPS) is 10.4. The second-order valence-electron chi connectivity index (χ2n) is 3.99. The predicted molar refractivity (Wildman–Crippen MR) is 71.6 cm³/mol. The minimum atomic E-state index is 0.548.